The average Bonchev–Trinajstić information content (AvgIpc) is 3.11. The van der Waals surface area contributed by atoms with Crippen LogP contribution in [-0.4, -0.2) is 19.5 Å². The number of aromatic nitrogens is 4. The van der Waals surface area contributed by atoms with E-state index in [1.165, 1.54) is 12.1 Å². The summed E-state index contributed by atoms with van der Waals surface area (Å²) >= 11 is 0. The summed E-state index contributed by atoms with van der Waals surface area (Å²) in [5.74, 6) is 0.152. The molecule has 4 aromatic rings. The summed E-state index contributed by atoms with van der Waals surface area (Å²) in [6.45, 7) is 1.91. The van der Waals surface area contributed by atoms with Crippen molar-refractivity contribution >= 4 is 11.2 Å². The van der Waals surface area contributed by atoms with Crippen molar-refractivity contribution < 1.29 is 8.81 Å². The second-order valence-corrected chi connectivity index (χ2v) is 4.87. The van der Waals surface area contributed by atoms with Crippen molar-refractivity contribution in [1.29, 1.82) is 0 Å². The molecule has 5 nitrogen and oxygen atoms in total. The summed E-state index contributed by atoms with van der Waals surface area (Å²) < 4.78 is 20.6. The highest BCUT2D eigenvalue weighted by atomic mass is 19.1. The fraction of sp³-hybridized carbons (Fsp3) is 0.0625. The third-order valence-electron chi connectivity index (χ3n) is 3.48. The predicted octanol–water partition coefficient (Wildman–Crippen LogP) is 3.52. The van der Waals surface area contributed by atoms with Gasteiger partial charge in [-0.2, -0.15) is 4.98 Å². The molecule has 0 saturated heterocycles. The van der Waals surface area contributed by atoms with Gasteiger partial charge >= 0.3 is 0 Å². The molecule has 1 aromatic carbocycles. The van der Waals surface area contributed by atoms with E-state index in [0.717, 1.165) is 11.4 Å². The first-order valence-electron chi connectivity index (χ1n) is 6.74. The Morgan fingerprint density at radius 3 is 2.68 bits per heavy atom. The van der Waals surface area contributed by atoms with Gasteiger partial charge in [-0.1, -0.05) is 0 Å². The zero-order chi connectivity index (χ0) is 15.1. The molecule has 0 unspecified atom stereocenters. The second-order valence-electron chi connectivity index (χ2n) is 4.87. The maximum atomic E-state index is 13.0. The van der Waals surface area contributed by atoms with Crippen LogP contribution in [0.5, 0.6) is 0 Å². The smallest absolute Gasteiger partial charge is 0.249 e. The quantitative estimate of drug-likeness (QED) is 0.567. The SMILES string of the molecule is Cc1c(-c2nc3ncccc3o2)ncn1-c1ccc(F)cc1. The van der Waals surface area contributed by atoms with Crippen LogP contribution < -0.4 is 0 Å². The van der Waals surface area contributed by atoms with E-state index in [4.69, 9.17) is 4.42 Å². The molecular formula is C16H11FN4O. The Labute approximate surface area is 125 Å². The zero-order valence-corrected chi connectivity index (χ0v) is 11.7. The van der Waals surface area contributed by atoms with E-state index < -0.39 is 0 Å². The molecule has 3 aromatic heterocycles. The fourth-order valence-electron chi connectivity index (χ4n) is 2.35. The second kappa shape index (κ2) is 4.77. The Morgan fingerprint density at radius 1 is 1.09 bits per heavy atom. The van der Waals surface area contributed by atoms with Crippen molar-refractivity contribution in [2.45, 2.75) is 6.92 Å². The minimum Gasteiger partial charge on any atom is -0.433 e. The highest BCUT2D eigenvalue weighted by Gasteiger charge is 2.16. The van der Waals surface area contributed by atoms with E-state index in [1.54, 1.807) is 30.7 Å². The summed E-state index contributed by atoms with van der Waals surface area (Å²) in [6.07, 6.45) is 3.33. The first kappa shape index (κ1) is 12.7. The first-order valence-corrected chi connectivity index (χ1v) is 6.74. The van der Waals surface area contributed by atoms with E-state index in [2.05, 4.69) is 15.0 Å². The number of halogens is 1. The molecule has 22 heavy (non-hydrogen) atoms. The number of oxazole rings is 1. The molecule has 0 amide bonds. The van der Waals surface area contributed by atoms with Gasteiger partial charge in [0.15, 0.2) is 11.2 Å². The third kappa shape index (κ3) is 1.96. The molecule has 3 heterocycles. The highest BCUT2D eigenvalue weighted by Crippen LogP contribution is 2.26. The van der Waals surface area contributed by atoms with Crippen molar-refractivity contribution in [3.63, 3.8) is 0 Å². The van der Waals surface area contributed by atoms with Crippen LogP contribution in [0.1, 0.15) is 5.69 Å². The number of benzene rings is 1. The molecule has 0 fully saturated rings. The highest BCUT2D eigenvalue weighted by molar-refractivity contribution is 5.71. The average molecular weight is 294 g/mol. The Morgan fingerprint density at radius 2 is 1.91 bits per heavy atom. The van der Waals surface area contributed by atoms with Crippen molar-refractivity contribution in [3.8, 4) is 17.3 Å². The van der Waals surface area contributed by atoms with Crippen LogP contribution in [0.15, 0.2) is 53.3 Å². The lowest BCUT2D eigenvalue weighted by molar-refractivity contribution is 0.616. The molecule has 0 N–H and O–H groups in total. The maximum Gasteiger partial charge on any atom is 0.249 e. The zero-order valence-electron chi connectivity index (χ0n) is 11.7. The van der Waals surface area contributed by atoms with Crippen molar-refractivity contribution in [2.24, 2.45) is 0 Å². The number of pyridine rings is 1. The van der Waals surface area contributed by atoms with Gasteiger partial charge in [-0.05, 0) is 43.3 Å². The molecule has 0 spiro atoms. The van der Waals surface area contributed by atoms with Gasteiger partial charge in [-0.3, -0.25) is 0 Å². The van der Waals surface area contributed by atoms with Crippen LogP contribution in [0.4, 0.5) is 4.39 Å². The van der Waals surface area contributed by atoms with E-state index in [1.807, 2.05) is 17.6 Å². The van der Waals surface area contributed by atoms with E-state index in [0.29, 0.717) is 22.8 Å². The van der Waals surface area contributed by atoms with Crippen LogP contribution >= 0.6 is 0 Å². The van der Waals surface area contributed by atoms with Crippen LogP contribution in [0, 0.1) is 12.7 Å². The van der Waals surface area contributed by atoms with Gasteiger partial charge in [0.2, 0.25) is 5.89 Å². The molecule has 0 aliphatic heterocycles. The molecule has 0 bridgehead atoms. The molecule has 108 valence electrons. The molecule has 0 aliphatic carbocycles. The first-order chi connectivity index (χ1) is 10.7. The summed E-state index contributed by atoms with van der Waals surface area (Å²) in [7, 11) is 0. The van der Waals surface area contributed by atoms with Crippen LogP contribution in [0.25, 0.3) is 28.5 Å². The fourth-order valence-corrected chi connectivity index (χ4v) is 2.35. The molecule has 6 heteroatoms. The number of imidazole rings is 1. The molecule has 0 radical (unpaired) electrons. The minimum absolute atomic E-state index is 0.272. The number of fused-ring (bicyclic) bond motifs is 1. The number of rotatable bonds is 2. The number of hydrogen-bond acceptors (Lipinski definition) is 4. The third-order valence-corrected chi connectivity index (χ3v) is 3.48. The van der Waals surface area contributed by atoms with Gasteiger partial charge in [-0.25, -0.2) is 14.4 Å². The molecule has 0 atom stereocenters. The van der Waals surface area contributed by atoms with E-state index in [-0.39, 0.29) is 5.82 Å². The van der Waals surface area contributed by atoms with E-state index >= 15 is 0 Å². The Hall–Kier alpha value is -3.02. The standard InChI is InChI=1S/C16H11FN4O/c1-10-14(16-20-15-13(22-16)3-2-8-18-15)19-9-21(10)12-6-4-11(17)5-7-12/h2-9H,1H3. The summed E-state index contributed by atoms with van der Waals surface area (Å²) in [6, 6.07) is 9.82. The molecule has 0 aliphatic rings. The van der Waals surface area contributed by atoms with Gasteiger partial charge in [0.1, 0.15) is 17.8 Å². The van der Waals surface area contributed by atoms with Gasteiger partial charge in [0.25, 0.3) is 0 Å². The van der Waals surface area contributed by atoms with E-state index in [9.17, 15) is 4.39 Å². The summed E-state index contributed by atoms with van der Waals surface area (Å²) in [4.78, 5) is 12.9. The van der Waals surface area contributed by atoms with Crippen LogP contribution in [0.2, 0.25) is 0 Å². The number of nitrogens with zero attached hydrogens (tertiary/aromatic N) is 4. The maximum absolute atomic E-state index is 13.0. The number of hydrogen-bond donors (Lipinski definition) is 0. The molecule has 4 rings (SSSR count). The Kier molecular flexibility index (Phi) is 2.75. The normalized spacial score (nSPS) is 11.2. The monoisotopic (exact) mass is 294 g/mol. The lowest BCUT2D eigenvalue weighted by atomic mass is 10.3. The van der Waals surface area contributed by atoms with Gasteiger partial charge < -0.3 is 8.98 Å². The Balaban J connectivity index is 1.82. The van der Waals surface area contributed by atoms with Crippen molar-refractivity contribution in [2.75, 3.05) is 0 Å². The topological polar surface area (TPSA) is 56.7 Å². The summed E-state index contributed by atoms with van der Waals surface area (Å²) in [5.41, 5.74) is 3.49. The lowest BCUT2D eigenvalue weighted by Gasteiger charge is -2.04. The summed E-state index contributed by atoms with van der Waals surface area (Å²) in [5, 5.41) is 0. The molecular weight excluding hydrogens is 283 g/mol. The van der Waals surface area contributed by atoms with Crippen LogP contribution in [0.3, 0.4) is 0 Å². The van der Waals surface area contributed by atoms with Gasteiger partial charge in [0.05, 0.1) is 5.69 Å². The van der Waals surface area contributed by atoms with Crippen molar-refractivity contribution in [1.82, 2.24) is 19.5 Å². The predicted molar refractivity (Wildman–Crippen MR) is 79.1 cm³/mol. The van der Waals surface area contributed by atoms with Crippen LogP contribution in [-0.2, 0) is 0 Å². The molecule has 0 saturated carbocycles. The van der Waals surface area contributed by atoms with Gasteiger partial charge in [0, 0.05) is 11.9 Å². The van der Waals surface area contributed by atoms with Crippen molar-refractivity contribution in [3.05, 3.63) is 60.4 Å². The largest absolute Gasteiger partial charge is 0.433 e. The Bertz CT molecular complexity index is 923. The lowest BCUT2D eigenvalue weighted by Crippen LogP contribution is -1.95. The van der Waals surface area contributed by atoms with Gasteiger partial charge in [-0.15, -0.1) is 0 Å². The minimum atomic E-state index is -0.272.